The van der Waals surface area contributed by atoms with Crippen molar-refractivity contribution in [3.8, 4) is 0 Å². The van der Waals surface area contributed by atoms with E-state index in [1.54, 1.807) is 0 Å². The van der Waals surface area contributed by atoms with Crippen molar-refractivity contribution >= 4 is 17.7 Å². The molecule has 0 aromatic rings. The summed E-state index contributed by atoms with van der Waals surface area (Å²) in [6.07, 6.45) is -3.24. The molecular formula is C24H34O8. The van der Waals surface area contributed by atoms with Crippen LogP contribution in [0, 0.1) is 28.1 Å². The number of aliphatic hydroxyl groups is 3. The first-order valence-corrected chi connectivity index (χ1v) is 11.3. The second-order valence-electron chi connectivity index (χ2n) is 11.2. The van der Waals surface area contributed by atoms with Gasteiger partial charge in [0, 0.05) is 37.2 Å². The number of carbonyl (C=O) groups excluding carboxylic acids is 3. The lowest BCUT2D eigenvalue weighted by molar-refractivity contribution is -0.294. The van der Waals surface area contributed by atoms with Gasteiger partial charge in [-0.15, -0.1) is 0 Å². The summed E-state index contributed by atoms with van der Waals surface area (Å²) in [6.45, 7) is 12.4. The van der Waals surface area contributed by atoms with Gasteiger partial charge in [0.1, 0.15) is 23.9 Å². The molecule has 9 atom stereocenters. The Kier molecular flexibility index (Phi) is 5.02. The van der Waals surface area contributed by atoms with Crippen LogP contribution in [-0.4, -0.2) is 63.1 Å². The Morgan fingerprint density at radius 1 is 1.09 bits per heavy atom. The van der Waals surface area contributed by atoms with Gasteiger partial charge in [0.15, 0.2) is 5.78 Å². The van der Waals surface area contributed by atoms with Gasteiger partial charge < -0.3 is 24.8 Å². The van der Waals surface area contributed by atoms with Crippen molar-refractivity contribution < 1.29 is 39.2 Å². The molecule has 0 radical (unpaired) electrons. The van der Waals surface area contributed by atoms with Crippen LogP contribution in [-0.2, 0) is 23.9 Å². The third-order valence-electron chi connectivity index (χ3n) is 9.24. The molecule has 4 saturated carbocycles. The summed E-state index contributed by atoms with van der Waals surface area (Å²) < 4.78 is 11.5. The number of rotatable bonds is 2. The number of hydrogen-bond acceptors (Lipinski definition) is 8. The van der Waals surface area contributed by atoms with Crippen LogP contribution in [0.15, 0.2) is 12.2 Å². The van der Waals surface area contributed by atoms with Gasteiger partial charge in [-0.2, -0.15) is 0 Å². The van der Waals surface area contributed by atoms with E-state index in [9.17, 15) is 29.7 Å². The van der Waals surface area contributed by atoms with Gasteiger partial charge in [-0.3, -0.25) is 14.4 Å². The maximum atomic E-state index is 13.7. The maximum absolute atomic E-state index is 13.7. The highest BCUT2D eigenvalue weighted by Crippen LogP contribution is 2.72. The molecule has 4 aliphatic carbocycles. The molecule has 32 heavy (non-hydrogen) atoms. The van der Waals surface area contributed by atoms with Gasteiger partial charge in [0.2, 0.25) is 0 Å². The molecule has 2 bridgehead atoms. The monoisotopic (exact) mass is 450 g/mol. The molecule has 4 rings (SSSR count). The molecule has 0 saturated heterocycles. The second kappa shape index (κ2) is 6.87. The van der Waals surface area contributed by atoms with Crippen molar-refractivity contribution in [1.82, 2.24) is 0 Å². The van der Waals surface area contributed by atoms with E-state index in [1.165, 1.54) is 13.8 Å². The average molecular weight is 451 g/mol. The van der Waals surface area contributed by atoms with Crippen molar-refractivity contribution in [2.24, 2.45) is 28.1 Å². The fraction of sp³-hybridized carbons (Fsp3) is 0.792. The molecule has 0 aliphatic heterocycles. The number of carbonyl (C=O) groups is 3. The van der Waals surface area contributed by atoms with E-state index >= 15 is 0 Å². The molecule has 1 spiro atoms. The van der Waals surface area contributed by atoms with E-state index in [-0.39, 0.29) is 29.7 Å². The highest BCUT2D eigenvalue weighted by Gasteiger charge is 2.81. The molecule has 4 fully saturated rings. The number of Topliss-reactive ketones (excluding diaryl/α,β-unsaturated/α-hetero) is 1. The lowest BCUT2D eigenvalue weighted by Gasteiger charge is -2.67. The molecular weight excluding hydrogens is 416 g/mol. The standard InChI is InChI=1S/C24H34O8/c1-11-19(28)24-16(27)9-15-21(4,5)8-7-17(32-13(3)26)22(15,6)18(24)14(31-12(2)25)10-23(11,30)20(24)29/h14-18,20,27,29-30H,1,7-10H2,2-6H3/t14-,15+,16+,17+,18-,20+,22-,23+,24-/m0/s1. The zero-order chi connectivity index (χ0) is 24.0. The fourth-order valence-electron chi connectivity index (χ4n) is 8.05. The lowest BCUT2D eigenvalue weighted by Crippen LogP contribution is -2.75. The Hall–Kier alpha value is -1.77. The van der Waals surface area contributed by atoms with Crippen LogP contribution in [0.4, 0.5) is 0 Å². The predicted octanol–water partition coefficient (Wildman–Crippen LogP) is 1.29. The SMILES string of the molecule is C=C1C(=O)[C@]23[C@H](O)C[C@@H]4C(C)(C)CC[C@@H](OC(C)=O)[C@@]4(C)[C@@H]2[C@@H](OC(C)=O)C[C@]1(O)[C@H]3O. The molecule has 4 aliphatic rings. The average Bonchev–Trinajstić information content (AvgIpc) is 2.75. The quantitative estimate of drug-likeness (QED) is 0.424. The minimum atomic E-state index is -2.00. The highest BCUT2D eigenvalue weighted by molar-refractivity contribution is 6.06. The lowest BCUT2D eigenvalue weighted by atomic mass is 9.38. The normalized spacial score (nSPS) is 49.1. The van der Waals surface area contributed by atoms with Gasteiger partial charge in [-0.1, -0.05) is 27.4 Å². The predicted molar refractivity (Wildman–Crippen MR) is 112 cm³/mol. The van der Waals surface area contributed by atoms with E-state index in [1.807, 2.05) is 6.92 Å². The Balaban J connectivity index is 2.00. The molecule has 0 heterocycles. The highest BCUT2D eigenvalue weighted by atomic mass is 16.6. The summed E-state index contributed by atoms with van der Waals surface area (Å²) >= 11 is 0. The number of ketones is 1. The number of fused-ring (bicyclic) bond motifs is 3. The second-order valence-corrected chi connectivity index (χ2v) is 11.2. The molecule has 3 N–H and O–H groups in total. The van der Waals surface area contributed by atoms with Crippen LogP contribution < -0.4 is 0 Å². The van der Waals surface area contributed by atoms with Gasteiger partial charge in [0.25, 0.3) is 0 Å². The summed E-state index contributed by atoms with van der Waals surface area (Å²) in [5.41, 5.74) is -5.16. The molecule has 178 valence electrons. The van der Waals surface area contributed by atoms with E-state index in [0.717, 1.165) is 6.42 Å². The van der Waals surface area contributed by atoms with Crippen molar-refractivity contribution in [2.75, 3.05) is 0 Å². The van der Waals surface area contributed by atoms with E-state index in [0.29, 0.717) is 6.42 Å². The Morgan fingerprint density at radius 2 is 1.69 bits per heavy atom. The van der Waals surface area contributed by atoms with Gasteiger partial charge >= 0.3 is 11.9 Å². The number of hydrogen-bond donors (Lipinski definition) is 3. The summed E-state index contributed by atoms with van der Waals surface area (Å²) in [5.74, 6) is -2.74. The van der Waals surface area contributed by atoms with Crippen LogP contribution in [0.2, 0.25) is 0 Å². The van der Waals surface area contributed by atoms with Crippen molar-refractivity contribution in [1.29, 1.82) is 0 Å². The van der Waals surface area contributed by atoms with Crippen LogP contribution in [0.5, 0.6) is 0 Å². The minimum absolute atomic E-state index is 0.176. The Morgan fingerprint density at radius 3 is 2.25 bits per heavy atom. The van der Waals surface area contributed by atoms with Crippen molar-refractivity contribution in [2.45, 2.75) is 90.3 Å². The molecule has 8 heteroatoms. The zero-order valence-electron chi connectivity index (χ0n) is 19.4. The van der Waals surface area contributed by atoms with Crippen LogP contribution in [0.25, 0.3) is 0 Å². The van der Waals surface area contributed by atoms with E-state index in [2.05, 4.69) is 20.4 Å². The molecule has 0 aromatic carbocycles. The number of ether oxygens (including phenoxy) is 2. The maximum Gasteiger partial charge on any atom is 0.302 e. The molecule has 8 nitrogen and oxygen atoms in total. The Bertz CT molecular complexity index is 894. The van der Waals surface area contributed by atoms with Crippen molar-refractivity contribution in [3.05, 3.63) is 12.2 Å². The van der Waals surface area contributed by atoms with Crippen LogP contribution in [0.3, 0.4) is 0 Å². The summed E-state index contributed by atoms with van der Waals surface area (Å²) in [7, 11) is 0. The summed E-state index contributed by atoms with van der Waals surface area (Å²) in [5, 5.41) is 34.2. The first-order chi connectivity index (χ1) is 14.6. The third-order valence-corrected chi connectivity index (χ3v) is 9.24. The topological polar surface area (TPSA) is 130 Å². The van der Waals surface area contributed by atoms with Crippen LogP contribution >= 0.6 is 0 Å². The Labute approximate surface area is 188 Å². The van der Waals surface area contributed by atoms with Gasteiger partial charge in [-0.05, 0) is 30.6 Å². The molecule has 0 unspecified atom stereocenters. The third kappa shape index (κ3) is 2.63. The summed E-state index contributed by atoms with van der Waals surface area (Å²) in [6, 6.07) is 0. The molecule has 0 aromatic heterocycles. The van der Waals surface area contributed by atoms with Gasteiger partial charge in [0.05, 0.1) is 11.5 Å². The van der Waals surface area contributed by atoms with Crippen molar-refractivity contribution in [3.63, 3.8) is 0 Å². The van der Waals surface area contributed by atoms with Gasteiger partial charge in [-0.25, -0.2) is 0 Å². The smallest absolute Gasteiger partial charge is 0.302 e. The number of aliphatic hydroxyl groups excluding tert-OH is 2. The van der Waals surface area contributed by atoms with E-state index in [4.69, 9.17) is 9.47 Å². The minimum Gasteiger partial charge on any atom is -0.462 e. The fourth-order valence-corrected chi connectivity index (χ4v) is 8.05. The molecule has 0 amide bonds. The first-order valence-electron chi connectivity index (χ1n) is 11.3. The van der Waals surface area contributed by atoms with Crippen LogP contribution in [0.1, 0.15) is 60.3 Å². The number of esters is 2. The summed E-state index contributed by atoms with van der Waals surface area (Å²) in [4.78, 5) is 37.8. The largest absolute Gasteiger partial charge is 0.462 e. The van der Waals surface area contributed by atoms with E-state index < -0.39 is 64.5 Å². The zero-order valence-corrected chi connectivity index (χ0v) is 19.4. The first kappa shape index (κ1) is 23.4.